The highest BCUT2D eigenvalue weighted by atomic mass is 16.6. The van der Waals surface area contributed by atoms with Crippen LogP contribution >= 0.6 is 0 Å². The SMILES string of the molecule is O=[N+]([O-])c1ccc(CO[C@H](COCc2ccccc2)[C@@H](O)[C@H](O)[C@@H](COCc2ccccc2)OCc2ccc([N+](=O)[O-])cc2)cc1. The predicted molar refractivity (Wildman–Crippen MR) is 168 cm³/mol. The molecule has 0 aromatic heterocycles. The van der Waals surface area contributed by atoms with Crippen LogP contribution in [-0.4, -0.2) is 57.7 Å². The van der Waals surface area contributed by atoms with Crippen LogP contribution in [0.1, 0.15) is 22.3 Å². The molecule has 2 N–H and O–H groups in total. The number of ether oxygens (including phenoxy) is 4. The van der Waals surface area contributed by atoms with Crippen molar-refractivity contribution in [3.05, 3.63) is 152 Å². The van der Waals surface area contributed by atoms with Gasteiger partial charge in [-0.3, -0.25) is 20.2 Å². The summed E-state index contributed by atoms with van der Waals surface area (Å²) in [5.41, 5.74) is 2.93. The fourth-order valence-corrected chi connectivity index (χ4v) is 4.50. The molecule has 0 saturated heterocycles. The van der Waals surface area contributed by atoms with E-state index in [0.29, 0.717) is 11.1 Å². The smallest absolute Gasteiger partial charge is 0.269 e. The summed E-state index contributed by atoms with van der Waals surface area (Å²) in [5.74, 6) is 0. The lowest BCUT2D eigenvalue weighted by Gasteiger charge is -2.32. The Bertz CT molecular complexity index is 1370. The third kappa shape index (κ3) is 10.8. The summed E-state index contributed by atoms with van der Waals surface area (Å²) in [5, 5.41) is 44.9. The number of hydrogen-bond donors (Lipinski definition) is 2. The lowest BCUT2D eigenvalue weighted by atomic mass is 10.0. The summed E-state index contributed by atoms with van der Waals surface area (Å²) in [6.07, 6.45) is -5.02. The minimum Gasteiger partial charge on any atom is -0.388 e. The van der Waals surface area contributed by atoms with Gasteiger partial charge in [0.25, 0.3) is 11.4 Å². The Kier molecular flexibility index (Phi) is 13.3. The van der Waals surface area contributed by atoms with E-state index < -0.39 is 34.3 Å². The first-order chi connectivity index (χ1) is 22.3. The molecule has 4 atom stereocenters. The minimum absolute atomic E-state index is 0.0139. The summed E-state index contributed by atoms with van der Waals surface area (Å²) in [4.78, 5) is 21.1. The first kappa shape index (κ1) is 34.3. The molecule has 0 radical (unpaired) electrons. The van der Waals surface area contributed by atoms with E-state index in [1.165, 1.54) is 24.3 Å². The lowest BCUT2D eigenvalue weighted by Crippen LogP contribution is -2.49. The molecule has 12 nitrogen and oxygen atoms in total. The van der Waals surface area contributed by atoms with Gasteiger partial charge in [0.15, 0.2) is 0 Å². The van der Waals surface area contributed by atoms with Gasteiger partial charge >= 0.3 is 0 Å². The van der Waals surface area contributed by atoms with E-state index in [-0.39, 0.29) is 51.0 Å². The van der Waals surface area contributed by atoms with Crippen molar-refractivity contribution in [3.8, 4) is 0 Å². The Labute approximate surface area is 266 Å². The highest BCUT2D eigenvalue weighted by Gasteiger charge is 2.34. The van der Waals surface area contributed by atoms with E-state index in [1.807, 2.05) is 60.7 Å². The van der Waals surface area contributed by atoms with Gasteiger partial charge in [-0.1, -0.05) is 60.7 Å². The molecular formula is C34H36N2O10. The average Bonchev–Trinajstić information content (AvgIpc) is 3.08. The lowest BCUT2D eigenvalue weighted by molar-refractivity contribution is -0.385. The van der Waals surface area contributed by atoms with E-state index in [4.69, 9.17) is 18.9 Å². The molecule has 0 unspecified atom stereocenters. The number of hydrogen-bond acceptors (Lipinski definition) is 10. The zero-order valence-corrected chi connectivity index (χ0v) is 25.0. The van der Waals surface area contributed by atoms with Gasteiger partial charge in [0.1, 0.15) is 24.4 Å². The fraction of sp³-hybridized carbons (Fsp3) is 0.294. The third-order valence-corrected chi connectivity index (χ3v) is 7.12. The Morgan fingerprint density at radius 2 is 0.826 bits per heavy atom. The third-order valence-electron chi connectivity index (χ3n) is 7.12. The second-order valence-electron chi connectivity index (χ2n) is 10.5. The van der Waals surface area contributed by atoms with Gasteiger partial charge in [0.2, 0.25) is 0 Å². The zero-order valence-electron chi connectivity index (χ0n) is 25.0. The Hall–Kier alpha value is -4.56. The van der Waals surface area contributed by atoms with Crippen molar-refractivity contribution in [2.75, 3.05) is 13.2 Å². The molecule has 0 bridgehead atoms. The predicted octanol–water partition coefficient (Wildman–Crippen LogP) is 5.13. The van der Waals surface area contributed by atoms with Crippen LogP contribution in [0.4, 0.5) is 11.4 Å². The van der Waals surface area contributed by atoms with E-state index in [0.717, 1.165) is 11.1 Å². The summed E-state index contributed by atoms with van der Waals surface area (Å²) in [6.45, 7) is 0.280. The Morgan fingerprint density at radius 3 is 1.15 bits per heavy atom. The van der Waals surface area contributed by atoms with Crippen LogP contribution in [0.25, 0.3) is 0 Å². The van der Waals surface area contributed by atoms with Gasteiger partial charge in [-0.2, -0.15) is 0 Å². The number of nitrogens with zero attached hydrogens (tertiary/aromatic N) is 2. The molecule has 0 aliphatic carbocycles. The first-order valence-electron chi connectivity index (χ1n) is 14.6. The molecule has 4 aromatic carbocycles. The molecule has 4 aromatic rings. The Morgan fingerprint density at radius 1 is 0.500 bits per heavy atom. The van der Waals surface area contributed by atoms with Gasteiger partial charge in [-0.15, -0.1) is 0 Å². The summed E-state index contributed by atoms with van der Waals surface area (Å²) in [7, 11) is 0. The average molecular weight is 633 g/mol. The van der Waals surface area contributed by atoms with E-state index in [9.17, 15) is 30.4 Å². The zero-order chi connectivity index (χ0) is 32.7. The number of rotatable bonds is 19. The number of nitro groups is 2. The largest absolute Gasteiger partial charge is 0.388 e. The molecule has 242 valence electrons. The normalized spacial score (nSPS) is 13.9. The van der Waals surface area contributed by atoms with E-state index in [1.54, 1.807) is 24.3 Å². The number of aliphatic hydroxyl groups is 2. The Balaban J connectivity index is 1.46. The number of benzene rings is 4. The molecular weight excluding hydrogens is 596 g/mol. The van der Waals surface area contributed by atoms with Crippen molar-refractivity contribution in [2.45, 2.75) is 50.8 Å². The highest BCUT2D eigenvalue weighted by molar-refractivity contribution is 5.33. The van der Waals surface area contributed by atoms with Crippen LogP contribution in [0.3, 0.4) is 0 Å². The van der Waals surface area contributed by atoms with Crippen molar-refractivity contribution in [3.63, 3.8) is 0 Å². The highest BCUT2D eigenvalue weighted by Crippen LogP contribution is 2.19. The van der Waals surface area contributed by atoms with Crippen LogP contribution in [0, 0.1) is 20.2 Å². The number of non-ortho nitro benzene ring substituents is 2. The summed E-state index contributed by atoms with van der Waals surface area (Å²) in [6, 6.07) is 30.5. The van der Waals surface area contributed by atoms with Crippen molar-refractivity contribution in [1.29, 1.82) is 0 Å². The van der Waals surface area contributed by atoms with Crippen molar-refractivity contribution in [1.82, 2.24) is 0 Å². The van der Waals surface area contributed by atoms with Crippen LogP contribution in [0.5, 0.6) is 0 Å². The molecule has 0 saturated carbocycles. The standard InChI is InChI=1S/C34H36N2O10/c37-33(31(23-43-19-25-7-3-1-4-8-25)45-21-27-11-15-29(16-12-27)35(39)40)34(38)32(24-44-20-26-9-5-2-6-10-26)46-22-28-13-17-30(18-14-28)36(41)42/h1-18,31-34,37-38H,19-24H2/t31-,32-,33-,34-/m1/s1. The molecule has 4 rings (SSSR count). The van der Waals surface area contributed by atoms with Gasteiger partial charge in [-0.25, -0.2) is 0 Å². The first-order valence-corrected chi connectivity index (χ1v) is 14.6. The summed E-state index contributed by atoms with van der Waals surface area (Å²) < 4.78 is 23.7. The van der Waals surface area contributed by atoms with Gasteiger partial charge in [0.05, 0.1) is 49.5 Å². The number of nitro benzene ring substituents is 2. The van der Waals surface area contributed by atoms with Gasteiger partial charge in [-0.05, 0) is 46.5 Å². The second-order valence-corrected chi connectivity index (χ2v) is 10.5. The van der Waals surface area contributed by atoms with Gasteiger partial charge < -0.3 is 29.2 Å². The van der Waals surface area contributed by atoms with Crippen molar-refractivity contribution < 1.29 is 39.0 Å². The molecule has 46 heavy (non-hydrogen) atoms. The van der Waals surface area contributed by atoms with E-state index in [2.05, 4.69) is 0 Å². The van der Waals surface area contributed by atoms with Crippen LogP contribution in [0.15, 0.2) is 109 Å². The van der Waals surface area contributed by atoms with E-state index >= 15 is 0 Å². The molecule has 12 heteroatoms. The molecule has 0 aliphatic heterocycles. The monoisotopic (exact) mass is 632 g/mol. The topological polar surface area (TPSA) is 164 Å². The van der Waals surface area contributed by atoms with Crippen molar-refractivity contribution >= 4 is 11.4 Å². The quantitative estimate of drug-likeness (QED) is 0.105. The van der Waals surface area contributed by atoms with Gasteiger partial charge in [0, 0.05) is 24.3 Å². The van der Waals surface area contributed by atoms with Crippen LogP contribution in [0.2, 0.25) is 0 Å². The van der Waals surface area contributed by atoms with Crippen molar-refractivity contribution in [2.24, 2.45) is 0 Å². The molecule has 0 spiro atoms. The summed E-state index contributed by atoms with van der Waals surface area (Å²) >= 11 is 0. The van der Waals surface area contributed by atoms with Crippen LogP contribution < -0.4 is 0 Å². The fourth-order valence-electron chi connectivity index (χ4n) is 4.50. The molecule has 0 heterocycles. The minimum atomic E-state index is -1.49. The maximum atomic E-state index is 11.4. The molecule has 0 aliphatic rings. The second kappa shape index (κ2) is 17.8. The molecule has 0 fully saturated rings. The maximum Gasteiger partial charge on any atom is 0.269 e. The molecule has 0 amide bonds. The maximum absolute atomic E-state index is 11.4. The number of aliphatic hydroxyl groups excluding tert-OH is 2. The van der Waals surface area contributed by atoms with Crippen LogP contribution in [-0.2, 0) is 45.4 Å².